The van der Waals surface area contributed by atoms with E-state index in [1.807, 2.05) is 54.6 Å². The summed E-state index contributed by atoms with van der Waals surface area (Å²) in [7, 11) is 0. The molecule has 0 spiro atoms. The number of carbonyl (C=O) groups excluding carboxylic acids is 1. The van der Waals surface area contributed by atoms with Gasteiger partial charge in [-0.05, 0) is 72.1 Å². The molecule has 10 heteroatoms. The average Bonchev–Trinajstić information content (AvgIpc) is 3.41. The van der Waals surface area contributed by atoms with Gasteiger partial charge in [-0.15, -0.1) is 18.3 Å². The molecule has 0 unspecified atom stereocenters. The summed E-state index contributed by atoms with van der Waals surface area (Å²) in [6.07, 6.45) is -2.60. The standard InChI is InChI=1S/C29H22F3N5O2/c30-29(31,32)39-25-16-14-24(15-17-25)37-19-33-27(36-37)21-10-12-23(13-11-21)34-28(38)35-26-9-5-4-8-22(26)18-20-6-2-1-3-7-20/h1-17,19H,18H2,(H2,34,35,38). The molecule has 196 valence electrons. The number of nitrogens with one attached hydrogen (secondary N) is 2. The van der Waals surface area contributed by atoms with Crippen LogP contribution < -0.4 is 15.4 Å². The van der Waals surface area contributed by atoms with Gasteiger partial charge in [-0.2, -0.15) is 0 Å². The lowest BCUT2D eigenvalue weighted by molar-refractivity contribution is -0.274. The van der Waals surface area contributed by atoms with Crippen molar-refractivity contribution in [1.29, 1.82) is 0 Å². The summed E-state index contributed by atoms with van der Waals surface area (Å²) in [4.78, 5) is 17.0. The van der Waals surface area contributed by atoms with E-state index in [0.717, 1.165) is 16.8 Å². The van der Waals surface area contributed by atoms with Crippen molar-refractivity contribution in [2.45, 2.75) is 12.8 Å². The molecule has 0 radical (unpaired) electrons. The number of nitrogens with zero attached hydrogens (tertiary/aromatic N) is 3. The maximum Gasteiger partial charge on any atom is 0.573 e. The predicted octanol–water partition coefficient (Wildman–Crippen LogP) is 7.07. The second-order valence-electron chi connectivity index (χ2n) is 8.53. The molecule has 0 saturated heterocycles. The Kier molecular flexibility index (Phi) is 7.26. The van der Waals surface area contributed by atoms with Crippen LogP contribution in [0, 0.1) is 0 Å². The maximum atomic E-state index is 12.7. The summed E-state index contributed by atoms with van der Waals surface area (Å²) in [6.45, 7) is 0. The number of aromatic nitrogens is 3. The Morgan fingerprint density at radius 3 is 2.23 bits per heavy atom. The highest BCUT2D eigenvalue weighted by Crippen LogP contribution is 2.25. The maximum absolute atomic E-state index is 12.7. The van der Waals surface area contributed by atoms with Crippen LogP contribution in [0.2, 0.25) is 0 Å². The number of hydrogen-bond donors (Lipinski definition) is 2. The number of benzene rings is 4. The molecule has 39 heavy (non-hydrogen) atoms. The number of ether oxygens (including phenoxy) is 1. The summed E-state index contributed by atoms with van der Waals surface area (Å²) in [5, 5.41) is 10.1. The topological polar surface area (TPSA) is 81.1 Å². The zero-order valence-corrected chi connectivity index (χ0v) is 20.4. The Labute approximate surface area is 221 Å². The lowest BCUT2D eigenvalue weighted by atomic mass is 10.0. The van der Waals surface area contributed by atoms with E-state index < -0.39 is 6.36 Å². The van der Waals surface area contributed by atoms with Gasteiger partial charge in [-0.3, -0.25) is 0 Å². The van der Waals surface area contributed by atoms with Crippen molar-refractivity contribution in [2.24, 2.45) is 0 Å². The highest BCUT2D eigenvalue weighted by Gasteiger charge is 2.31. The third kappa shape index (κ3) is 6.80. The first kappa shape index (κ1) is 25.5. The van der Waals surface area contributed by atoms with Crippen LogP contribution in [-0.4, -0.2) is 27.2 Å². The minimum Gasteiger partial charge on any atom is -0.406 e. The van der Waals surface area contributed by atoms with Crippen molar-refractivity contribution in [1.82, 2.24) is 14.8 Å². The molecule has 4 aromatic carbocycles. The first-order valence-corrected chi connectivity index (χ1v) is 11.9. The zero-order valence-electron chi connectivity index (χ0n) is 20.4. The van der Waals surface area contributed by atoms with Crippen LogP contribution in [0.3, 0.4) is 0 Å². The molecule has 7 nitrogen and oxygen atoms in total. The van der Waals surface area contributed by atoms with Crippen molar-refractivity contribution < 1.29 is 22.7 Å². The van der Waals surface area contributed by atoms with Gasteiger partial charge < -0.3 is 15.4 Å². The molecule has 0 aliphatic rings. The molecule has 0 bridgehead atoms. The Bertz CT molecular complexity index is 1550. The number of halogens is 3. The van der Waals surface area contributed by atoms with Crippen LogP contribution >= 0.6 is 0 Å². The van der Waals surface area contributed by atoms with E-state index >= 15 is 0 Å². The Balaban J connectivity index is 1.21. The first-order valence-electron chi connectivity index (χ1n) is 11.9. The van der Waals surface area contributed by atoms with Crippen molar-refractivity contribution in [3.05, 3.63) is 121 Å². The fraction of sp³-hybridized carbons (Fsp3) is 0.0690. The fourth-order valence-electron chi connectivity index (χ4n) is 3.92. The number of para-hydroxylation sites is 1. The molecule has 0 fully saturated rings. The van der Waals surface area contributed by atoms with E-state index in [0.29, 0.717) is 29.2 Å². The number of rotatable bonds is 7. The van der Waals surface area contributed by atoms with Crippen molar-refractivity contribution >= 4 is 17.4 Å². The number of carbonyl (C=O) groups is 1. The minimum absolute atomic E-state index is 0.321. The number of alkyl halides is 3. The first-order chi connectivity index (χ1) is 18.8. The van der Waals surface area contributed by atoms with Gasteiger partial charge >= 0.3 is 12.4 Å². The van der Waals surface area contributed by atoms with Gasteiger partial charge in [-0.25, -0.2) is 14.5 Å². The molecule has 1 aromatic heterocycles. The lowest BCUT2D eigenvalue weighted by Gasteiger charge is -2.12. The monoisotopic (exact) mass is 529 g/mol. The van der Waals surface area contributed by atoms with Crippen LogP contribution in [0.15, 0.2) is 109 Å². The SMILES string of the molecule is O=C(Nc1ccc(-c2ncn(-c3ccc(OC(F)(F)F)cc3)n2)cc1)Nc1ccccc1Cc1ccccc1. The third-order valence-electron chi connectivity index (χ3n) is 5.73. The van der Waals surface area contributed by atoms with Crippen LogP contribution in [0.25, 0.3) is 17.1 Å². The number of anilines is 2. The van der Waals surface area contributed by atoms with Crippen LogP contribution in [0.4, 0.5) is 29.3 Å². The van der Waals surface area contributed by atoms with Crippen molar-refractivity contribution in [3.63, 3.8) is 0 Å². The van der Waals surface area contributed by atoms with E-state index in [1.165, 1.54) is 35.3 Å². The van der Waals surface area contributed by atoms with E-state index in [4.69, 9.17) is 0 Å². The number of hydrogen-bond acceptors (Lipinski definition) is 4. The largest absolute Gasteiger partial charge is 0.573 e. The van der Waals surface area contributed by atoms with E-state index in [2.05, 4.69) is 25.5 Å². The molecule has 2 N–H and O–H groups in total. The van der Waals surface area contributed by atoms with Crippen molar-refractivity contribution in [3.8, 4) is 22.8 Å². The van der Waals surface area contributed by atoms with Gasteiger partial charge in [0.05, 0.1) is 5.69 Å². The second-order valence-corrected chi connectivity index (χ2v) is 8.53. The van der Waals surface area contributed by atoms with Gasteiger partial charge in [0.15, 0.2) is 5.82 Å². The molecule has 0 saturated carbocycles. The summed E-state index contributed by atoms with van der Waals surface area (Å²) in [6, 6.07) is 29.6. The highest BCUT2D eigenvalue weighted by atomic mass is 19.4. The summed E-state index contributed by atoms with van der Waals surface area (Å²) >= 11 is 0. The van der Waals surface area contributed by atoms with Gasteiger partial charge in [0, 0.05) is 16.9 Å². The highest BCUT2D eigenvalue weighted by molar-refractivity contribution is 6.00. The summed E-state index contributed by atoms with van der Waals surface area (Å²) in [5.74, 6) is 0.0925. The Morgan fingerprint density at radius 2 is 1.51 bits per heavy atom. The number of amides is 2. The van der Waals surface area contributed by atoms with Gasteiger partial charge in [0.25, 0.3) is 0 Å². The molecule has 5 aromatic rings. The van der Waals surface area contributed by atoms with E-state index in [-0.39, 0.29) is 11.8 Å². The smallest absolute Gasteiger partial charge is 0.406 e. The van der Waals surface area contributed by atoms with Crippen LogP contribution in [0.5, 0.6) is 5.75 Å². The van der Waals surface area contributed by atoms with Gasteiger partial charge in [0.1, 0.15) is 12.1 Å². The second kappa shape index (κ2) is 11.1. The van der Waals surface area contributed by atoms with Crippen LogP contribution in [0.1, 0.15) is 11.1 Å². The Hall–Kier alpha value is -5.12. The van der Waals surface area contributed by atoms with Gasteiger partial charge in [0.2, 0.25) is 0 Å². The lowest BCUT2D eigenvalue weighted by Crippen LogP contribution is -2.20. The fourth-order valence-corrected chi connectivity index (χ4v) is 3.92. The minimum atomic E-state index is -4.75. The average molecular weight is 530 g/mol. The van der Waals surface area contributed by atoms with Gasteiger partial charge in [-0.1, -0.05) is 48.5 Å². The molecular formula is C29H22F3N5O2. The summed E-state index contributed by atoms with van der Waals surface area (Å²) < 4.78 is 42.4. The number of urea groups is 1. The molecular weight excluding hydrogens is 507 g/mol. The molecule has 0 aliphatic carbocycles. The normalized spacial score (nSPS) is 11.2. The molecule has 1 heterocycles. The Morgan fingerprint density at radius 1 is 0.821 bits per heavy atom. The molecule has 2 amide bonds. The quantitative estimate of drug-likeness (QED) is 0.236. The molecule has 5 rings (SSSR count). The zero-order chi connectivity index (χ0) is 27.2. The van der Waals surface area contributed by atoms with Crippen molar-refractivity contribution in [2.75, 3.05) is 10.6 Å². The van der Waals surface area contributed by atoms with E-state index in [9.17, 15) is 18.0 Å². The molecule has 0 atom stereocenters. The third-order valence-corrected chi connectivity index (χ3v) is 5.73. The van der Waals surface area contributed by atoms with E-state index in [1.54, 1.807) is 24.3 Å². The van der Waals surface area contributed by atoms with Crippen LogP contribution in [-0.2, 0) is 6.42 Å². The predicted molar refractivity (Wildman–Crippen MR) is 142 cm³/mol. The summed E-state index contributed by atoms with van der Waals surface area (Å²) in [5.41, 5.74) is 4.67. The molecule has 0 aliphatic heterocycles.